The second-order valence-corrected chi connectivity index (χ2v) is 8.69. The van der Waals surface area contributed by atoms with Crippen molar-refractivity contribution in [3.05, 3.63) is 47.2 Å². The highest BCUT2D eigenvalue weighted by atomic mass is 35.5. The Bertz CT molecular complexity index is 1040. The van der Waals surface area contributed by atoms with E-state index < -0.39 is 15.8 Å². The maximum Gasteiger partial charge on any atom is 0.266 e. The van der Waals surface area contributed by atoms with Crippen molar-refractivity contribution in [3.8, 4) is 11.1 Å². The van der Waals surface area contributed by atoms with Crippen molar-refractivity contribution in [1.82, 2.24) is 4.72 Å². The molecular formula is C19H19ClFN3O3S. The molecule has 1 fully saturated rings. The molecule has 4 rings (SSSR count). The largest absolute Gasteiger partial charge is 0.378 e. The average Bonchev–Trinajstić information content (AvgIpc) is 3.17. The molecule has 2 aromatic carbocycles. The number of hydrogen-bond acceptors (Lipinski definition) is 4. The van der Waals surface area contributed by atoms with Crippen LogP contribution in [0.2, 0.25) is 5.02 Å². The molecule has 2 aliphatic rings. The van der Waals surface area contributed by atoms with Crippen molar-refractivity contribution >= 4 is 33.3 Å². The summed E-state index contributed by atoms with van der Waals surface area (Å²) in [6.45, 7) is 1.19. The van der Waals surface area contributed by atoms with Crippen LogP contribution >= 0.6 is 11.6 Å². The van der Waals surface area contributed by atoms with Crippen LogP contribution in [0.25, 0.3) is 11.1 Å². The van der Waals surface area contributed by atoms with Crippen molar-refractivity contribution in [2.75, 3.05) is 18.5 Å². The van der Waals surface area contributed by atoms with Crippen molar-refractivity contribution in [1.29, 1.82) is 0 Å². The maximum atomic E-state index is 13.9. The van der Waals surface area contributed by atoms with Gasteiger partial charge in [-0.1, -0.05) is 35.9 Å². The lowest BCUT2D eigenvalue weighted by Crippen LogP contribution is -2.41. The number of aliphatic imine (C=N–C) groups is 1. The van der Waals surface area contributed by atoms with Gasteiger partial charge in [0.05, 0.1) is 16.8 Å². The third-order valence-corrected chi connectivity index (χ3v) is 6.54. The molecule has 0 saturated carbocycles. The third-order valence-electron chi connectivity index (χ3n) is 4.78. The van der Waals surface area contributed by atoms with Crippen LogP contribution in [0, 0.1) is 5.82 Å². The minimum Gasteiger partial charge on any atom is -0.378 e. The number of guanidine groups is 1. The highest BCUT2D eigenvalue weighted by Crippen LogP contribution is 2.39. The lowest BCUT2D eigenvalue weighted by Gasteiger charge is -2.24. The molecule has 1 unspecified atom stereocenters. The Balaban J connectivity index is 1.69. The predicted octanol–water partition coefficient (Wildman–Crippen LogP) is 3.78. The van der Waals surface area contributed by atoms with Gasteiger partial charge in [-0.15, -0.1) is 0 Å². The number of anilines is 1. The van der Waals surface area contributed by atoms with E-state index >= 15 is 0 Å². The van der Waals surface area contributed by atoms with E-state index in [2.05, 4.69) is 15.0 Å². The van der Waals surface area contributed by atoms with E-state index in [0.29, 0.717) is 23.4 Å². The monoisotopic (exact) mass is 423 g/mol. The van der Waals surface area contributed by atoms with E-state index in [1.807, 2.05) is 0 Å². The van der Waals surface area contributed by atoms with Gasteiger partial charge in [-0.05, 0) is 31.4 Å². The smallest absolute Gasteiger partial charge is 0.266 e. The molecule has 148 valence electrons. The Morgan fingerprint density at radius 1 is 1.21 bits per heavy atom. The van der Waals surface area contributed by atoms with E-state index in [1.165, 1.54) is 18.2 Å². The van der Waals surface area contributed by atoms with E-state index in [-0.39, 0.29) is 22.0 Å². The van der Waals surface area contributed by atoms with Crippen LogP contribution in [0.3, 0.4) is 0 Å². The summed E-state index contributed by atoms with van der Waals surface area (Å²) in [7, 11) is -3.81. The minimum atomic E-state index is -3.81. The molecule has 2 N–H and O–H groups in total. The molecule has 2 heterocycles. The minimum absolute atomic E-state index is 0.0587. The van der Waals surface area contributed by atoms with Crippen molar-refractivity contribution in [2.45, 2.75) is 30.3 Å². The van der Waals surface area contributed by atoms with Gasteiger partial charge in [0.25, 0.3) is 10.0 Å². The summed E-state index contributed by atoms with van der Waals surface area (Å²) >= 11 is 6.12. The summed E-state index contributed by atoms with van der Waals surface area (Å²) in [5, 5.41) is 2.97. The van der Waals surface area contributed by atoms with Gasteiger partial charge in [-0.3, -0.25) is 4.99 Å². The molecule has 2 aliphatic heterocycles. The van der Waals surface area contributed by atoms with E-state index in [1.54, 1.807) is 18.2 Å². The highest BCUT2D eigenvalue weighted by molar-refractivity contribution is 7.90. The molecule has 28 heavy (non-hydrogen) atoms. The summed E-state index contributed by atoms with van der Waals surface area (Å²) in [4.78, 5) is 4.40. The van der Waals surface area contributed by atoms with Crippen molar-refractivity contribution in [3.63, 3.8) is 0 Å². The second-order valence-electron chi connectivity index (χ2n) is 6.66. The molecule has 1 atom stereocenters. The fourth-order valence-corrected chi connectivity index (χ4v) is 4.81. The average molecular weight is 424 g/mol. The number of rotatable bonds is 4. The molecule has 0 amide bonds. The van der Waals surface area contributed by atoms with Gasteiger partial charge in [0, 0.05) is 24.3 Å². The van der Waals surface area contributed by atoms with E-state index in [4.69, 9.17) is 16.3 Å². The zero-order valence-electron chi connectivity index (χ0n) is 14.9. The van der Waals surface area contributed by atoms with Gasteiger partial charge in [0.15, 0.2) is 0 Å². The molecule has 0 aliphatic carbocycles. The first kappa shape index (κ1) is 19.2. The van der Waals surface area contributed by atoms with E-state index in [9.17, 15) is 12.8 Å². The summed E-state index contributed by atoms with van der Waals surface area (Å²) in [6, 6.07) is 9.19. The fourth-order valence-electron chi connectivity index (χ4n) is 3.41. The highest BCUT2D eigenvalue weighted by Gasteiger charge is 2.29. The Morgan fingerprint density at radius 3 is 2.79 bits per heavy atom. The zero-order valence-corrected chi connectivity index (χ0v) is 16.5. The Labute approximate surface area is 167 Å². The summed E-state index contributed by atoms with van der Waals surface area (Å²) in [5.74, 6) is -0.440. The quantitative estimate of drug-likeness (QED) is 0.784. The summed E-state index contributed by atoms with van der Waals surface area (Å²) in [5.41, 5.74) is 1.21. The third kappa shape index (κ3) is 3.72. The van der Waals surface area contributed by atoms with E-state index in [0.717, 1.165) is 25.9 Å². The Kier molecular flexibility index (Phi) is 5.27. The van der Waals surface area contributed by atoms with Crippen LogP contribution < -0.4 is 10.0 Å². The van der Waals surface area contributed by atoms with Crippen molar-refractivity contribution < 1.29 is 17.5 Å². The lowest BCUT2D eigenvalue weighted by atomic mass is 10.0. The number of benzene rings is 2. The maximum absolute atomic E-state index is 13.9. The number of hydrogen-bond donors (Lipinski definition) is 2. The zero-order chi connectivity index (χ0) is 19.7. The number of halogens is 2. The first-order valence-corrected chi connectivity index (χ1v) is 10.8. The number of nitrogens with one attached hydrogen (secondary N) is 2. The SMILES string of the molecule is O=S1(=O)NC(=NCCC2CCCO2)Nc2c(-c3cccc(F)c3Cl)cccc21. The summed E-state index contributed by atoms with van der Waals surface area (Å²) in [6.07, 6.45) is 2.92. The number of fused-ring (bicyclic) bond motifs is 1. The summed E-state index contributed by atoms with van der Waals surface area (Å²) < 4.78 is 47.3. The normalized spacial score (nSPS) is 21.8. The molecule has 0 radical (unpaired) electrons. The molecule has 6 nitrogen and oxygen atoms in total. The van der Waals surface area contributed by atoms with Crippen LogP contribution in [-0.2, 0) is 14.8 Å². The van der Waals surface area contributed by atoms with Gasteiger partial charge in [0.1, 0.15) is 10.7 Å². The molecule has 1 saturated heterocycles. The fraction of sp³-hybridized carbons (Fsp3) is 0.316. The number of sulfonamides is 1. The number of nitrogens with zero attached hydrogens (tertiary/aromatic N) is 1. The van der Waals surface area contributed by atoms with Crippen LogP contribution in [0.4, 0.5) is 10.1 Å². The van der Waals surface area contributed by atoms with Gasteiger partial charge in [0.2, 0.25) is 5.96 Å². The molecule has 9 heteroatoms. The number of para-hydroxylation sites is 1. The Morgan fingerprint density at radius 2 is 2.00 bits per heavy atom. The standard InChI is InChI=1S/C19H19ClFN3O3S/c20-17-13(5-1-7-15(17)21)14-6-2-8-16-18(14)23-19(24-28(16,25)26)22-10-9-12-4-3-11-27-12/h1-2,5-8,12H,3-4,9-11H2,(H2,22,23,24). The first-order valence-electron chi connectivity index (χ1n) is 8.99. The van der Waals surface area contributed by atoms with Gasteiger partial charge in [-0.2, -0.15) is 0 Å². The van der Waals surface area contributed by atoms with Crippen LogP contribution in [0.15, 0.2) is 46.3 Å². The first-order chi connectivity index (χ1) is 13.5. The Hall–Kier alpha value is -2.16. The molecule has 0 spiro atoms. The molecule has 2 aromatic rings. The van der Waals surface area contributed by atoms with Crippen molar-refractivity contribution in [2.24, 2.45) is 4.99 Å². The van der Waals surface area contributed by atoms with Crippen LogP contribution in [0.1, 0.15) is 19.3 Å². The van der Waals surface area contributed by atoms with Gasteiger partial charge >= 0.3 is 0 Å². The van der Waals surface area contributed by atoms with Crippen LogP contribution in [-0.4, -0.2) is 33.6 Å². The molecular weight excluding hydrogens is 405 g/mol. The van der Waals surface area contributed by atoms with Gasteiger partial charge in [-0.25, -0.2) is 17.5 Å². The predicted molar refractivity (Wildman–Crippen MR) is 107 cm³/mol. The lowest BCUT2D eigenvalue weighted by molar-refractivity contribution is 0.106. The van der Waals surface area contributed by atoms with Crippen LogP contribution in [0.5, 0.6) is 0 Å². The topological polar surface area (TPSA) is 79.8 Å². The second kappa shape index (κ2) is 7.69. The van der Waals surface area contributed by atoms with Gasteiger partial charge < -0.3 is 10.1 Å². The molecule has 0 aromatic heterocycles. The number of ether oxygens (including phenoxy) is 1. The molecule has 0 bridgehead atoms.